The van der Waals surface area contributed by atoms with E-state index < -0.39 is 0 Å². The van der Waals surface area contributed by atoms with Crippen molar-refractivity contribution in [3.8, 4) is 0 Å². The quantitative estimate of drug-likeness (QED) is 0.847. The summed E-state index contributed by atoms with van der Waals surface area (Å²) in [6, 6.07) is 6.97. The molecule has 19 heavy (non-hydrogen) atoms. The van der Waals surface area contributed by atoms with Gasteiger partial charge in [-0.15, -0.1) is 0 Å². The average Bonchev–Trinajstić information content (AvgIpc) is 2.60. The number of benzene rings is 1. The van der Waals surface area contributed by atoms with Crippen LogP contribution >= 0.6 is 11.6 Å². The first-order valence-corrected chi connectivity index (χ1v) is 6.20. The van der Waals surface area contributed by atoms with Crippen molar-refractivity contribution in [2.24, 2.45) is 0 Å². The van der Waals surface area contributed by atoms with Gasteiger partial charge >= 0.3 is 0 Å². The number of nitrogen functional groups attached to an aromatic ring is 1. The molecule has 5 nitrogen and oxygen atoms in total. The first-order valence-electron chi connectivity index (χ1n) is 5.82. The number of carbonyl (C=O) groups excluding carboxylic acids is 1. The largest absolute Gasteiger partial charge is 0.399 e. The van der Waals surface area contributed by atoms with E-state index in [1.165, 1.54) is 0 Å². The summed E-state index contributed by atoms with van der Waals surface area (Å²) in [6.45, 7) is 3.77. The number of carbonyl (C=O) groups is 1. The maximum atomic E-state index is 11.9. The fourth-order valence-corrected chi connectivity index (χ4v) is 1.87. The van der Waals surface area contributed by atoms with Crippen LogP contribution in [0.2, 0.25) is 5.02 Å². The number of hydrogen-bond acceptors (Lipinski definition) is 3. The Labute approximate surface area is 116 Å². The van der Waals surface area contributed by atoms with Crippen LogP contribution in [0.1, 0.15) is 11.4 Å². The van der Waals surface area contributed by atoms with Crippen LogP contribution in [-0.2, 0) is 11.3 Å². The van der Waals surface area contributed by atoms with E-state index in [9.17, 15) is 4.79 Å². The van der Waals surface area contributed by atoms with Gasteiger partial charge in [0, 0.05) is 11.4 Å². The highest BCUT2D eigenvalue weighted by Crippen LogP contribution is 2.19. The van der Waals surface area contributed by atoms with Crippen LogP contribution in [-0.4, -0.2) is 15.7 Å². The minimum absolute atomic E-state index is 0.129. The molecular weight excluding hydrogens is 264 g/mol. The van der Waals surface area contributed by atoms with E-state index in [4.69, 9.17) is 17.3 Å². The minimum Gasteiger partial charge on any atom is -0.399 e. The normalized spacial score (nSPS) is 10.5. The zero-order valence-corrected chi connectivity index (χ0v) is 11.5. The lowest BCUT2D eigenvalue weighted by Crippen LogP contribution is -2.20. The van der Waals surface area contributed by atoms with E-state index in [1.54, 1.807) is 28.9 Å². The topological polar surface area (TPSA) is 72.9 Å². The van der Waals surface area contributed by atoms with E-state index in [-0.39, 0.29) is 12.5 Å². The van der Waals surface area contributed by atoms with Gasteiger partial charge in [-0.25, -0.2) is 0 Å². The highest BCUT2D eigenvalue weighted by atomic mass is 35.5. The predicted octanol–water partition coefficient (Wildman–Crippen LogP) is 2.37. The number of nitrogens with two attached hydrogens (primary N) is 1. The lowest BCUT2D eigenvalue weighted by Gasteiger charge is -2.07. The molecule has 6 heteroatoms. The van der Waals surface area contributed by atoms with Crippen molar-refractivity contribution < 1.29 is 4.79 Å². The van der Waals surface area contributed by atoms with Gasteiger partial charge in [0.2, 0.25) is 5.91 Å². The number of rotatable bonds is 3. The van der Waals surface area contributed by atoms with Crippen molar-refractivity contribution >= 4 is 28.9 Å². The summed E-state index contributed by atoms with van der Waals surface area (Å²) < 4.78 is 1.59. The summed E-state index contributed by atoms with van der Waals surface area (Å²) in [4.78, 5) is 11.9. The van der Waals surface area contributed by atoms with Crippen molar-refractivity contribution in [2.75, 3.05) is 11.1 Å². The monoisotopic (exact) mass is 278 g/mol. The molecule has 0 aliphatic heterocycles. The molecule has 0 radical (unpaired) electrons. The average molecular weight is 279 g/mol. The zero-order chi connectivity index (χ0) is 14.0. The second-order valence-electron chi connectivity index (χ2n) is 4.31. The molecule has 0 aliphatic rings. The Morgan fingerprint density at radius 1 is 1.37 bits per heavy atom. The second kappa shape index (κ2) is 5.32. The fourth-order valence-electron chi connectivity index (χ4n) is 1.73. The Hall–Kier alpha value is -2.01. The Morgan fingerprint density at radius 3 is 2.53 bits per heavy atom. The number of halogens is 1. The molecule has 1 heterocycles. The molecule has 100 valence electrons. The van der Waals surface area contributed by atoms with E-state index >= 15 is 0 Å². The van der Waals surface area contributed by atoms with Gasteiger partial charge < -0.3 is 11.1 Å². The SMILES string of the molecule is Cc1nn(CC(=O)Nc2ccc(N)cc2)c(C)c1Cl. The van der Waals surface area contributed by atoms with Crippen LogP contribution in [0.5, 0.6) is 0 Å². The maximum Gasteiger partial charge on any atom is 0.246 e. The van der Waals surface area contributed by atoms with E-state index in [0.717, 1.165) is 11.4 Å². The predicted molar refractivity (Wildman–Crippen MR) is 76.2 cm³/mol. The summed E-state index contributed by atoms with van der Waals surface area (Å²) >= 11 is 6.03. The Kier molecular flexibility index (Phi) is 3.76. The third kappa shape index (κ3) is 3.06. The van der Waals surface area contributed by atoms with E-state index in [2.05, 4.69) is 10.4 Å². The number of amides is 1. The molecule has 1 amide bonds. The summed E-state index contributed by atoms with van der Waals surface area (Å²) in [5, 5.41) is 7.58. The highest BCUT2D eigenvalue weighted by molar-refractivity contribution is 6.31. The van der Waals surface area contributed by atoms with Gasteiger partial charge in [0.05, 0.1) is 16.4 Å². The lowest BCUT2D eigenvalue weighted by atomic mass is 10.3. The number of nitrogens with zero attached hydrogens (tertiary/aromatic N) is 2. The summed E-state index contributed by atoms with van der Waals surface area (Å²) in [5.41, 5.74) is 8.44. The molecule has 1 aromatic carbocycles. The third-order valence-electron chi connectivity index (χ3n) is 2.78. The lowest BCUT2D eigenvalue weighted by molar-refractivity contribution is -0.116. The number of aryl methyl sites for hydroxylation is 1. The highest BCUT2D eigenvalue weighted by Gasteiger charge is 2.12. The van der Waals surface area contributed by atoms with Gasteiger partial charge in [-0.1, -0.05) is 11.6 Å². The van der Waals surface area contributed by atoms with Crippen molar-refractivity contribution in [1.82, 2.24) is 9.78 Å². The smallest absolute Gasteiger partial charge is 0.246 e. The molecule has 0 bridgehead atoms. The van der Waals surface area contributed by atoms with Crippen molar-refractivity contribution in [3.63, 3.8) is 0 Å². The number of hydrogen-bond donors (Lipinski definition) is 2. The van der Waals surface area contributed by atoms with E-state index in [1.807, 2.05) is 13.8 Å². The Balaban J connectivity index is 2.05. The molecule has 0 atom stereocenters. The van der Waals surface area contributed by atoms with E-state index in [0.29, 0.717) is 16.4 Å². The molecular formula is C13H15ClN4O. The Bertz CT molecular complexity index is 604. The molecule has 2 aromatic rings. The van der Waals surface area contributed by atoms with Crippen molar-refractivity contribution in [3.05, 3.63) is 40.7 Å². The van der Waals surface area contributed by atoms with Crippen LogP contribution in [0.4, 0.5) is 11.4 Å². The minimum atomic E-state index is -0.160. The van der Waals surface area contributed by atoms with Gasteiger partial charge in [-0.3, -0.25) is 9.48 Å². The standard InChI is InChI=1S/C13H15ClN4O/c1-8-13(14)9(2)18(17-8)7-12(19)16-11-5-3-10(15)4-6-11/h3-6H,7,15H2,1-2H3,(H,16,19). The third-order valence-corrected chi connectivity index (χ3v) is 3.33. The van der Waals surface area contributed by atoms with Crippen molar-refractivity contribution in [2.45, 2.75) is 20.4 Å². The number of nitrogens with one attached hydrogen (secondary N) is 1. The first-order chi connectivity index (χ1) is 8.97. The fraction of sp³-hybridized carbons (Fsp3) is 0.231. The van der Waals surface area contributed by atoms with Crippen molar-refractivity contribution in [1.29, 1.82) is 0 Å². The number of anilines is 2. The summed E-state index contributed by atoms with van der Waals surface area (Å²) in [7, 11) is 0. The van der Waals surface area contributed by atoms with Gasteiger partial charge in [-0.05, 0) is 38.1 Å². The first kappa shape index (κ1) is 13.4. The Morgan fingerprint density at radius 2 is 2.00 bits per heavy atom. The van der Waals surface area contributed by atoms with Crippen LogP contribution in [0.25, 0.3) is 0 Å². The summed E-state index contributed by atoms with van der Waals surface area (Å²) in [5.74, 6) is -0.160. The van der Waals surface area contributed by atoms with Gasteiger partial charge in [0.15, 0.2) is 0 Å². The molecule has 3 N–H and O–H groups in total. The zero-order valence-electron chi connectivity index (χ0n) is 10.8. The molecule has 0 unspecified atom stereocenters. The second-order valence-corrected chi connectivity index (χ2v) is 4.69. The molecule has 0 fully saturated rings. The van der Waals surface area contributed by atoms with Gasteiger partial charge in [-0.2, -0.15) is 5.10 Å². The van der Waals surface area contributed by atoms with Crippen LogP contribution in [0, 0.1) is 13.8 Å². The summed E-state index contributed by atoms with van der Waals surface area (Å²) in [6.07, 6.45) is 0. The van der Waals surface area contributed by atoms with Crippen LogP contribution < -0.4 is 11.1 Å². The van der Waals surface area contributed by atoms with Gasteiger partial charge in [0.25, 0.3) is 0 Å². The molecule has 0 saturated heterocycles. The molecule has 2 rings (SSSR count). The molecule has 0 saturated carbocycles. The van der Waals surface area contributed by atoms with Crippen LogP contribution in [0.15, 0.2) is 24.3 Å². The maximum absolute atomic E-state index is 11.9. The van der Waals surface area contributed by atoms with Gasteiger partial charge in [0.1, 0.15) is 6.54 Å². The van der Waals surface area contributed by atoms with Crippen LogP contribution in [0.3, 0.4) is 0 Å². The molecule has 0 aliphatic carbocycles. The number of aromatic nitrogens is 2. The molecule has 0 spiro atoms. The molecule has 1 aromatic heterocycles.